The van der Waals surface area contributed by atoms with E-state index in [-0.39, 0.29) is 11.6 Å². The van der Waals surface area contributed by atoms with Crippen molar-refractivity contribution in [2.75, 3.05) is 13.2 Å². The van der Waals surface area contributed by atoms with Crippen LogP contribution >= 0.6 is 23.2 Å². The number of hydrogen-bond donors (Lipinski definition) is 2. The fourth-order valence-electron chi connectivity index (χ4n) is 4.39. The van der Waals surface area contributed by atoms with E-state index >= 15 is 0 Å². The second-order valence-corrected chi connectivity index (χ2v) is 10.6. The van der Waals surface area contributed by atoms with Crippen molar-refractivity contribution in [3.8, 4) is 17.0 Å². The van der Waals surface area contributed by atoms with Gasteiger partial charge in [-0.2, -0.15) is 0 Å². The number of halogens is 2. The molecule has 4 aromatic rings. The molecule has 0 spiro atoms. The molecule has 45 heavy (non-hydrogen) atoms. The Kier molecular flexibility index (Phi) is 14.0. The average molecular weight is 671 g/mol. The lowest BCUT2D eigenvalue weighted by molar-refractivity contribution is -0.742. The molecular formula is C27H32Cl2N6O10. The van der Waals surface area contributed by atoms with Crippen LogP contribution < -0.4 is 4.74 Å². The van der Waals surface area contributed by atoms with Gasteiger partial charge in [0.25, 0.3) is 10.2 Å². The topological polar surface area (TPSA) is 222 Å². The molecule has 0 aliphatic carbocycles. The molecule has 0 bridgehead atoms. The van der Waals surface area contributed by atoms with Crippen molar-refractivity contribution in [2.45, 2.75) is 38.8 Å². The van der Waals surface area contributed by atoms with Gasteiger partial charge in [0.2, 0.25) is 5.79 Å². The number of nitrogens with zero attached hydrogens (tertiary/aromatic N) is 6. The van der Waals surface area contributed by atoms with E-state index in [0.717, 1.165) is 23.6 Å². The van der Waals surface area contributed by atoms with Crippen molar-refractivity contribution in [1.82, 2.24) is 19.1 Å². The number of hydrogen-bond acceptors (Lipinski definition) is 9. The van der Waals surface area contributed by atoms with Crippen LogP contribution in [0, 0.1) is 26.1 Å². The normalized spacial score (nSPS) is 16.9. The molecule has 1 fully saturated rings. The Balaban J connectivity index is 0.000000704. The SMILES string of the molecule is CC(C)Cn1cncc1-c1ccc(OCC2COC(Cn3ccnc3)(c3ccc(Cl)cc3Cl)O2)cc1.O.O=[N+]([O-])O.O=[N+]([O-])O. The number of ether oxygens (including phenoxy) is 3. The van der Waals surface area contributed by atoms with Crippen LogP contribution in [0.25, 0.3) is 11.3 Å². The molecule has 16 nitrogen and oxygen atoms in total. The van der Waals surface area contributed by atoms with Gasteiger partial charge in [-0.25, -0.2) is 9.97 Å². The van der Waals surface area contributed by atoms with Crippen molar-refractivity contribution in [3.63, 3.8) is 0 Å². The lowest BCUT2D eigenvalue weighted by Gasteiger charge is -2.30. The monoisotopic (exact) mass is 670 g/mol. The molecule has 2 unspecified atom stereocenters. The van der Waals surface area contributed by atoms with Gasteiger partial charge in [0.1, 0.15) is 18.5 Å². The Bertz CT molecular complexity index is 1480. The molecule has 244 valence electrons. The minimum Gasteiger partial charge on any atom is -0.491 e. The van der Waals surface area contributed by atoms with Crippen LogP contribution in [-0.4, -0.2) is 64.5 Å². The van der Waals surface area contributed by atoms with Crippen molar-refractivity contribution in [2.24, 2.45) is 5.92 Å². The zero-order valence-electron chi connectivity index (χ0n) is 24.1. The molecule has 2 atom stereocenters. The van der Waals surface area contributed by atoms with E-state index in [2.05, 4.69) is 28.4 Å². The highest BCUT2D eigenvalue weighted by molar-refractivity contribution is 6.35. The van der Waals surface area contributed by atoms with Crippen molar-refractivity contribution in [3.05, 3.63) is 110 Å². The van der Waals surface area contributed by atoms with E-state index in [4.69, 9.17) is 68.1 Å². The molecule has 5 rings (SSSR count). The lowest BCUT2D eigenvalue weighted by Crippen LogP contribution is -2.34. The molecular weight excluding hydrogens is 639 g/mol. The minimum absolute atomic E-state index is 0. The van der Waals surface area contributed by atoms with Gasteiger partial charge < -0.3 is 39.2 Å². The summed E-state index contributed by atoms with van der Waals surface area (Å²) in [7, 11) is 0. The molecule has 1 aliphatic heterocycles. The van der Waals surface area contributed by atoms with Crippen LogP contribution in [0.15, 0.2) is 73.7 Å². The standard InChI is InChI=1S/C27H28Cl2N4O3.2HNO3.H2O/c1-19(2)13-33-18-31-12-26(33)20-3-6-22(7-4-20)34-14-23-15-35-27(36-23,16-32-10-9-30-17-32)24-8-5-21(28)11-25(24)29;2*2-1(3)4;/h3-12,17-19,23H,13-16H2,1-2H3;2*(H,2,3,4);1H2. The maximum absolute atomic E-state index is 8.36. The number of rotatable bonds is 9. The Morgan fingerprint density at radius 3 is 2.33 bits per heavy atom. The van der Waals surface area contributed by atoms with Gasteiger partial charge in [0.15, 0.2) is 0 Å². The van der Waals surface area contributed by atoms with Crippen LogP contribution in [0.1, 0.15) is 19.4 Å². The Morgan fingerprint density at radius 1 is 1.09 bits per heavy atom. The summed E-state index contributed by atoms with van der Waals surface area (Å²) >= 11 is 12.7. The highest BCUT2D eigenvalue weighted by Crippen LogP contribution is 2.40. The molecule has 0 radical (unpaired) electrons. The van der Waals surface area contributed by atoms with E-state index in [1.807, 2.05) is 53.6 Å². The zero-order valence-corrected chi connectivity index (χ0v) is 25.6. The molecule has 0 saturated carbocycles. The van der Waals surface area contributed by atoms with Crippen LogP contribution in [0.3, 0.4) is 0 Å². The summed E-state index contributed by atoms with van der Waals surface area (Å²) < 4.78 is 22.8. The van der Waals surface area contributed by atoms with Gasteiger partial charge in [-0.1, -0.05) is 43.1 Å². The Morgan fingerprint density at radius 2 is 1.76 bits per heavy atom. The van der Waals surface area contributed by atoms with E-state index in [9.17, 15) is 0 Å². The maximum atomic E-state index is 8.36. The number of aromatic nitrogens is 4. The number of imidazole rings is 2. The van der Waals surface area contributed by atoms with E-state index in [1.165, 1.54) is 0 Å². The third-order valence-corrected chi connectivity index (χ3v) is 6.56. The van der Waals surface area contributed by atoms with Gasteiger partial charge >= 0.3 is 0 Å². The smallest absolute Gasteiger partial charge is 0.291 e. The summed E-state index contributed by atoms with van der Waals surface area (Å²) in [5, 5.41) is 28.3. The summed E-state index contributed by atoms with van der Waals surface area (Å²) in [6.07, 6.45) is 8.77. The molecule has 2 aromatic carbocycles. The minimum atomic E-state index is -1.50. The first-order chi connectivity index (χ1) is 20.9. The largest absolute Gasteiger partial charge is 0.491 e. The predicted molar refractivity (Wildman–Crippen MR) is 160 cm³/mol. The fourth-order valence-corrected chi connectivity index (χ4v) is 4.94. The lowest BCUT2D eigenvalue weighted by atomic mass is 10.1. The fraction of sp³-hybridized carbons (Fsp3) is 0.333. The summed E-state index contributed by atoms with van der Waals surface area (Å²) in [6.45, 7) is 6.40. The molecule has 0 amide bonds. The summed E-state index contributed by atoms with van der Waals surface area (Å²) in [5.74, 6) is 0.224. The summed E-state index contributed by atoms with van der Waals surface area (Å²) in [5.41, 5.74) is 2.90. The second-order valence-electron chi connectivity index (χ2n) is 9.80. The van der Waals surface area contributed by atoms with Crippen LogP contribution in [0.5, 0.6) is 5.75 Å². The highest BCUT2D eigenvalue weighted by Gasteiger charge is 2.45. The van der Waals surface area contributed by atoms with Crippen molar-refractivity contribution >= 4 is 23.2 Å². The van der Waals surface area contributed by atoms with Gasteiger partial charge in [-0.3, -0.25) is 0 Å². The molecule has 2 aromatic heterocycles. The zero-order chi connectivity index (χ0) is 32.3. The van der Waals surface area contributed by atoms with Crippen molar-refractivity contribution in [1.29, 1.82) is 0 Å². The third kappa shape index (κ3) is 11.2. The predicted octanol–water partition coefficient (Wildman–Crippen LogP) is 4.54. The van der Waals surface area contributed by atoms with Gasteiger partial charge in [-0.05, 0) is 42.3 Å². The molecule has 3 heterocycles. The Hall–Kier alpha value is -4.48. The van der Waals surface area contributed by atoms with Gasteiger partial charge in [0, 0.05) is 35.1 Å². The second kappa shape index (κ2) is 17.1. The van der Waals surface area contributed by atoms with Crippen LogP contribution in [0.4, 0.5) is 0 Å². The van der Waals surface area contributed by atoms with Gasteiger partial charge in [-0.15, -0.1) is 20.2 Å². The highest BCUT2D eigenvalue weighted by atomic mass is 35.5. The number of benzene rings is 2. The first-order valence-electron chi connectivity index (χ1n) is 13.0. The molecule has 18 heteroatoms. The third-order valence-electron chi connectivity index (χ3n) is 6.01. The Labute approximate surface area is 266 Å². The van der Waals surface area contributed by atoms with Crippen LogP contribution in [-0.2, 0) is 28.4 Å². The average Bonchev–Trinajstić information content (AvgIpc) is 3.70. The van der Waals surface area contributed by atoms with E-state index in [0.29, 0.717) is 41.3 Å². The molecule has 4 N–H and O–H groups in total. The maximum Gasteiger partial charge on any atom is 0.291 e. The molecule has 1 aliphatic rings. The summed E-state index contributed by atoms with van der Waals surface area (Å²) in [4.78, 5) is 25.2. The first-order valence-corrected chi connectivity index (χ1v) is 13.8. The van der Waals surface area contributed by atoms with E-state index < -0.39 is 16.0 Å². The van der Waals surface area contributed by atoms with E-state index in [1.54, 1.807) is 24.7 Å². The van der Waals surface area contributed by atoms with Gasteiger partial charge in [0.05, 0.1) is 42.7 Å². The molecule has 1 saturated heterocycles. The van der Waals surface area contributed by atoms with Crippen LogP contribution in [0.2, 0.25) is 10.0 Å². The van der Waals surface area contributed by atoms with Crippen molar-refractivity contribution < 1.29 is 40.3 Å². The first kappa shape index (κ1) is 36.7. The quantitative estimate of drug-likeness (QED) is 0.186. The summed E-state index contributed by atoms with van der Waals surface area (Å²) in [6, 6.07) is 13.3.